The number of benzene rings is 1. The number of aryl methyl sites for hydroxylation is 1. The Labute approximate surface area is 149 Å². The summed E-state index contributed by atoms with van der Waals surface area (Å²) in [6, 6.07) is 8.92. The van der Waals surface area contributed by atoms with Crippen molar-refractivity contribution in [2.45, 2.75) is 26.3 Å². The van der Waals surface area contributed by atoms with E-state index < -0.39 is 0 Å². The topological polar surface area (TPSA) is 12.0 Å². The first-order chi connectivity index (χ1) is 9.51. The van der Waals surface area contributed by atoms with E-state index in [-0.39, 0.29) is 6.04 Å². The van der Waals surface area contributed by atoms with Gasteiger partial charge in [-0.25, -0.2) is 0 Å². The van der Waals surface area contributed by atoms with Gasteiger partial charge in [-0.3, -0.25) is 0 Å². The number of halogens is 3. The summed E-state index contributed by atoms with van der Waals surface area (Å²) in [5.74, 6) is 0. The molecule has 1 nitrogen and oxygen atoms in total. The van der Waals surface area contributed by atoms with Crippen molar-refractivity contribution in [3.8, 4) is 0 Å². The van der Waals surface area contributed by atoms with Gasteiger partial charge in [0.1, 0.15) is 0 Å². The Morgan fingerprint density at radius 3 is 2.25 bits per heavy atom. The summed E-state index contributed by atoms with van der Waals surface area (Å²) in [5, 5.41) is 3.64. The number of hydrogen-bond acceptors (Lipinski definition) is 2. The van der Waals surface area contributed by atoms with E-state index in [1.165, 1.54) is 19.8 Å². The SMILES string of the molecule is CCCNC(c1cc(Br)cc(Br)c1)c1cc(C)c(Br)s1. The van der Waals surface area contributed by atoms with E-state index in [1.54, 1.807) is 11.3 Å². The Morgan fingerprint density at radius 2 is 1.75 bits per heavy atom. The molecule has 2 rings (SSSR count). The third-order valence-electron chi connectivity index (χ3n) is 2.98. The molecule has 1 heterocycles. The lowest BCUT2D eigenvalue weighted by Gasteiger charge is -2.18. The zero-order valence-corrected chi connectivity index (χ0v) is 16.9. The van der Waals surface area contributed by atoms with Crippen molar-refractivity contribution >= 4 is 59.1 Å². The second kappa shape index (κ2) is 7.54. The fraction of sp³-hybridized carbons (Fsp3) is 0.333. The standard InChI is InChI=1S/C15H16Br3NS/c1-3-4-19-14(13-5-9(2)15(18)20-13)10-6-11(16)8-12(17)7-10/h5-8,14,19H,3-4H2,1-2H3. The van der Waals surface area contributed by atoms with Gasteiger partial charge in [0.05, 0.1) is 9.83 Å². The Bertz CT molecular complexity index is 555. The Kier molecular flexibility index (Phi) is 6.29. The molecular weight excluding hydrogens is 466 g/mol. The van der Waals surface area contributed by atoms with E-state index in [9.17, 15) is 0 Å². The molecular formula is C15H16Br3NS. The monoisotopic (exact) mass is 479 g/mol. The first kappa shape index (κ1) is 16.7. The summed E-state index contributed by atoms with van der Waals surface area (Å²) in [4.78, 5) is 1.34. The maximum Gasteiger partial charge on any atom is 0.0731 e. The van der Waals surface area contributed by atoms with E-state index in [2.05, 4.69) is 91.2 Å². The first-order valence-electron chi connectivity index (χ1n) is 6.46. The fourth-order valence-electron chi connectivity index (χ4n) is 2.04. The van der Waals surface area contributed by atoms with Crippen molar-refractivity contribution in [3.63, 3.8) is 0 Å². The molecule has 0 saturated carbocycles. The number of rotatable bonds is 5. The van der Waals surface area contributed by atoms with Crippen LogP contribution in [0.2, 0.25) is 0 Å². The highest BCUT2D eigenvalue weighted by Crippen LogP contribution is 2.36. The predicted octanol–water partition coefficient (Wildman–Crippen LogP) is 6.43. The molecule has 1 aromatic heterocycles. The average molecular weight is 482 g/mol. The quantitative estimate of drug-likeness (QED) is 0.518. The molecule has 1 aromatic carbocycles. The molecule has 0 bridgehead atoms. The van der Waals surface area contributed by atoms with Crippen LogP contribution in [0.3, 0.4) is 0 Å². The molecule has 0 radical (unpaired) electrons. The highest BCUT2D eigenvalue weighted by atomic mass is 79.9. The zero-order chi connectivity index (χ0) is 14.7. The molecule has 2 aromatic rings. The smallest absolute Gasteiger partial charge is 0.0731 e. The lowest BCUT2D eigenvalue weighted by atomic mass is 10.0. The van der Waals surface area contributed by atoms with Crippen LogP contribution in [0.5, 0.6) is 0 Å². The van der Waals surface area contributed by atoms with Gasteiger partial charge in [0.25, 0.3) is 0 Å². The lowest BCUT2D eigenvalue weighted by molar-refractivity contribution is 0.605. The van der Waals surface area contributed by atoms with Crippen LogP contribution < -0.4 is 5.32 Å². The molecule has 1 N–H and O–H groups in total. The zero-order valence-electron chi connectivity index (χ0n) is 11.3. The van der Waals surface area contributed by atoms with Crippen LogP contribution >= 0.6 is 59.1 Å². The van der Waals surface area contributed by atoms with Crippen molar-refractivity contribution in [2.75, 3.05) is 6.54 Å². The minimum absolute atomic E-state index is 0.235. The molecule has 0 aliphatic carbocycles. The number of thiophene rings is 1. The summed E-state index contributed by atoms with van der Waals surface area (Å²) in [6.45, 7) is 5.33. The van der Waals surface area contributed by atoms with Crippen LogP contribution in [0.15, 0.2) is 37.0 Å². The van der Waals surface area contributed by atoms with Gasteiger partial charge in [0.2, 0.25) is 0 Å². The summed E-state index contributed by atoms with van der Waals surface area (Å²) in [7, 11) is 0. The van der Waals surface area contributed by atoms with E-state index in [0.717, 1.165) is 21.9 Å². The summed E-state index contributed by atoms with van der Waals surface area (Å²) in [6.07, 6.45) is 1.12. The molecule has 0 amide bonds. The minimum Gasteiger partial charge on any atom is -0.306 e. The highest BCUT2D eigenvalue weighted by Gasteiger charge is 2.17. The van der Waals surface area contributed by atoms with Gasteiger partial charge in [0, 0.05) is 13.8 Å². The second-order valence-electron chi connectivity index (χ2n) is 4.70. The molecule has 0 aliphatic rings. The third-order valence-corrected chi connectivity index (χ3v) is 6.09. The third kappa shape index (κ3) is 4.17. The summed E-state index contributed by atoms with van der Waals surface area (Å²) in [5.41, 5.74) is 2.57. The average Bonchev–Trinajstić information content (AvgIpc) is 2.69. The molecule has 5 heteroatoms. The maximum atomic E-state index is 3.64. The largest absolute Gasteiger partial charge is 0.306 e. The summed E-state index contributed by atoms with van der Waals surface area (Å²) < 4.78 is 3.40. The van der Waals surface area contributed by atoms with Crippen LogP contribution in [-0.2, 0) is 0 Å². The van der Waals surface area contributed by atoms with Crippen molar-refractivity contribution in [2.24, 2.45) is 0 Å². The summed E-state index contributed by atoms with van der Waals surface area (Å²) >= 11 is 12.6. The minimum atomic E-state index is 0.235. The molecule has 108 valence electrons. The first-order valence-corrected chi connectivity index (χ1v) is 9.66. The molecule has 1 unspecified atom stereocenters. The lowest BCUT2D eigenvalue weighted by Crippen LogP contribution is -2.22. The predicted molar refractivity (Wildman–Crippen MR) is 98.7 cm³/mol. The second-order valence-corrected chi connectivity index (χ2v) is 8.93. The van der Waals surface area contributed by atoms with Gasteiger partial charge in [-0.15, -0.1) is 11.3 Å². The fourth-order valence-corrected chi connectivity index (χ4v) is 5.04. The Balaban J connectivity index is 2.40. The number of hydrogen-bond donors (Lipinski definition) is 1. The van der Waals surface area contributed by atoms with Crippen molar-refractivity contribution in [1.29, 1.82) is 0 Å². The molecule has 0 fully saturated rings. The van der Waals surface area contributed by atoms with Gasteiger partial charge < -0.3 is 5.32 Å². The molecule has 20 heavy (non-hydrogen) atoms. The molecule has 1 atom stereocenters. The molecule has 0 aliphatic heterocycles. The Morgan fingerprint density at radius 1 is 1.10 bits per heavy atom. The van der Waals surface area contributed by atoms with Gasteiger partial charge in [-0.1, -0.05) is 38.8 Å². The van der Waals surface area contributed by atoms with E-state index >= 15 is 0 Å². The van der Waals surface area contributed by atoms with E-state index in [0.29, 0.717) is 0 Å². The molecule has 0 spiro atoms. The molecule has 0 saturated heterocycles. The van der Waals surface area contributed by atoms with Crippen molar-refractivity contribution in [1.82, 2.24) is 5.32 Å². The van der Waals surface area contributed by atoms with Gasteiger partial charge in [-0.2, -0.15) is 0 Å². The van der Waals surface area contributed by atoms with Crippen LogP contribution in [0.25, 0.3) is 0 Å². The van der Waals surface area contributed by atoms with Gasteiger partial charge in [-0.05, 0) is 71.2 Å². The van der Waals surface area contributed by atoms with Crippen molar-refractivity contribution in [3.05, 3.63) is 53.0 Å². The van der Waals surface area contributed by atoms with Gasteiger partial charge >= 0.3 is 0 Å². The van der Waals surface area contributed by atoms with Crippen molar-refractivity contribution < 1.29 is 0 Å². The van der Waals surface area contributed by atoms with E-state index in [1.807, 2.05) is 0 Å². The number of nitrogens with one attached hydrogen (secondary N) is 1. The van der Waals surface area contributed by atoms with Crippen LogP contribution in [0.1, 0.15) is 35.4 Å². The normalized spacial score (nSPS) is 12.7. The maximum absolute atomic E-state index is 3.64. The van der Waals surface area contributed by atoms with E-state index in [4.69, 9.17) is 0 Å². The Hall–Kier alpha value is 0.320. The van der Waals surface area contributed by atoms with Crippen LogP contribution in [-0.4, -0.2) is 6.54 Å². The van der Waals surface area contributed by atoms with Crippen LogP contribution in [0.4, 0.5) is 0 Å². The highest BCUT2D eigenvalue weighted by molar-refractivity contribution is 9.11. The van der Waals surface area contributed by atoms with Crippen LogP contribution in [0, 0.1) is 6.92 Å². The van der Waals surface area contributed by atoms with Gasteiger partial charge in [0.15, 0.2) is 0 Å².